The molecule has 6 rings (SSSR count). The number of nitriles is 1. The number of fused-ring (bicyclic) bond motifs is 1. The number of amides is 2. The van der Waals surface area contributed by atoms with Crippen LogP contribution in [0.15, 0.2) is 54.9 Å². The molecule has 2 aromatic carbocycles. The third-order valence-electron chi connectivity index (χ3n) is 7.88. The van der Waals surface area contributed by atoms with Gasteiger partial charge in [-0.3, -0.25) is 4.90 Å². The second-order valence-electron chi connectivity index (χ2n) is 11.6. The minimum atomic E-state index is -0.941. The number of halogens is 1. The normalized spacial score (nSPS) is 25.4. The highest BCUT2D eigenvalue weighted by Gasteiger charge is 2.71. The number of cyclic esters (lactones) is 1. The number of anilines is 1. The van der Waals surface area contributed by atoms with Gasteiger partial charge in [-0.15, -0.1) is 5.10 Å². The number of carbonyl (C=O) groups is 2. The molecule has 1 saturated carbocycles. The lowest BCUT2D eigenvalue weighted by Crippen LogP contribution is -2.39. The lowest BCUT2D eigenvalue weighted by molar-refractivity contribution is 0.0265. The first-order chi connectivity index (χ1) is 19.1. The van der Waals surface area contributed by atoms with Crippen molar-refractivity contribution in [3.8, 4) is 17.2 Å². The molecule has 3 aliphatic rings. The molecule has 2 amide bonds. The molecular formula is C29H29FN6O4. The van der Waals surface area contributed by atoms with Gasteiger partial charge < -0.3 is 14.4 Å². The monoisotopic (exact) mass is 544 g/mol. The van der Waals surface area contributed by atoms with Crippen LogP contribution in [0.4, 0.5) is 19.7 Å². The van der Waals surface area contributed by atoms with Gasteiger partial charge in [-0.05, 0) is 50.1 Å². The molecule has 4 atom stereocenters. The molecule has 3 heterocycles. The Kier molecular flexibility index (Phi) is 6.02. The van der Waals surface area contributed by atoms with Crippen molar-refractivity contribution in [2.45, 2.75) is 44.4 Å². The van der Waals surface area contributed by atoms with Gasteiger partial charge in [0.25, 0.3) is 0 Å². The van der Waals surface area contributed by atoms with Gasteiger partial charge in [-0.25, -0.2) is 18.7 Å². The van der Waals surface area contributed by atoms with Crippen molar-refractivity contribution in [2.75, 3.05) is 24.5 Å². The molecule has 0 radical (unpaired) electrons. The number of nitrogens with zero attached hydrogens (tertiary/aromatic N) is 6. The van der Waals surface area contributed by atoms with E-state index in [1.165, 1.54) is 6.07 Å². The van der Waals surface area contributed by atoms with Gasteiger partial charge in [-0.1, -0.05) is 29.5 Å². The van der Waals surface area contributed by atoms with Gasteiger partial charge in [0.1, 0.15) is 17.5 Å². The van der Waals surface area contributed by atoms with E-state index in [0.717, 1.165) is 5.56 Å². The number of likely N-dealkylation sites (tertiary alicyclic amines) is 1. The van der Waals surface area contributed by atoms with Crippen molar-refractivity contribution in [2.24, 2.45) is 11.8 Å². The highest BCUT2D eigenvalue weighted by Crippen LogP contribution is 2.63. The Balaban J connectivity index is 1.13. The van der Waals surface area contributed by atoms with Gasteiger partial charge >= 0.3 is 12.2 Å². The van der Waals surface area contributed by atoms with Crippen LogP contribution >= 0.6 is 0 Å². The van der Waals surface area contributed by atoms with Crippen LogP contribution in [0.1, 0.15) is 26.3 Å². The van der Waals surface area contributed by atoms with Crippen LogP contribution in [0.2, 0.25) is 0 Å². The van der Waals surface area contributed by atoms with Gasteiger partial charge in [0.2, 0.25) is 0 Å². The molecule has 3 aromatic rings. The van der Waals surface area contributed by atoms with Gasteiger partial charge in [-0.2, -0.15) is 5.26 Å². The standard InChI is InChI=1S/C29H29FN6O4/c1-28(2,3)40-26(37)34-15-23-24(16-34)29(23,17-31)22-9-6-19(12-25(22)30)18-4-7-20(8-5-18)36-14-21(39-27(36)38)13-35-11-10-32-33-35/h4-12,21,23-24H,13-16H2,1-3H3/t21-,23-,24+,29+/m0/s1. The average Bonchev–Trinajstić information content (AvgIpc) is 3.42. The smallest absolute Gasteiger partial charge is 0.414 e. The number of ether oxygens (including phenoxy) is 2. The molecule has 1 aliphatic carbocycles. The summed E-state index contributed by atoms with van der Waals surface area (Å²) in [7, 11) is 0. The van der Waals surface area contributed by atoms with Gasteiger partial charge in [0.05, 0.1) is 30.8 Å². The summed E-state index contributed by atoms with van der Waals surface area (Å²) in [6, 6.07) is 14.6. The molecule has 11 heteroatoms. The second-order valence-corrected chi connectivity index (χ2v) is 11.6. The van der Waals surface area contributed by atoms with Crippen LogP contribution in [0.5, 0.6) is 0 Å². The molecule has 0 spiro atoms. The van der Waals surface area contributed by atoms with Crippen LogP contribution in [-0.2, 0) is 21.4 Å². The number of benzene rings is 2. The van der Waals surface area contributed by atoms with Crippen LogP contribution in [0.3, 0.4) is 0 Å². The van der Waals surface area contributed by atoms with E-state index in [0.29, 0.717) is 43.0 Å². The summed E-state index contributed by atoms with van der Waals surface area (Å²) in [5.74, 6) is -0.697. The van der Waals surface area contributed by atoms with E-state index in [-0.39, 0.29) is 17.9 Å². The number of aromatic nitrogens is 3. The number of rotatable bonds is 5. The molecule has 0 bridgehead atoms. The Hall–Kier alpha value is -4.46. The quantitative estimate of drug-likeness (QED) is 0.469. The fraction of sp³-hybridized carbons (Fsp3) is 0.414. The Labute approximate surface area is 230 Å². The number of carbonyl (C=O) groups excluding carboxylic acids is 2. The SMILES string of the molecule is CC(C)(C)OC(=O)N1C[C@@H]2[C@H](C1)[C@@]2(C#N)c1ccc(-c2ccc(N3C[C@H](Cn4ccnn4)OC3=O)cc2)cc1F. The zero-order valence-electron chi connectivity index (χ0n) is 22.5. The predicted octanol–water partition coefficient (Wildman–Crippen LogP) is 4.37. The summed E-state index contributed by atoms with van der Waals surface area (Å²) in [5.41, 5.74) is 0.941. The number of piperidine rings is 1. The van der Waals surface area contributed by atoms with Gasteiger partial charge in [0.15, 0.2) is 0 Å². The van der Waals surface area contributed by atoms with E-state index in [1.54, 1.807) is 45.1 Å². The van der Waals surface area contributed by atoms with Crippen molar-refractivity contribution in [3.63, 3.8) is 0 Å². The molecule has 1 aromatic heterocycles. The molecule has 0 N–H and O–H groups in total. The van der Waals surface area contributed by atoms with E-state index in [9.17, 15) is 14.9 Å². The van der Waals surface area contributed by atoms with Gasteiger partial charge in [0, 0.05) is 42.4 Å². The molecule has 206 valence electrons. The van der Waals surface area contributed by atoms with Crippen molar-refractivity contribution < 1.29 is 23.5 Å². The topological polar surface area (TPSA) is 114 Å². The van der Waals surface area contributed by atoms with Crippen LogP contribution in [0, 0.1) is 29.0 Å². The summed E-state index contributed by atoms with van der Waals surface area (Å²) in [4.78, 5) is 28.0. The number of hydrogen-bond donors (Lipinski definition) is 0. The molecule has 40 heavy (non-hydrogen) atoms. The summed E-state index contributed by atoms with van der Waals surface area (Å²) in [5, 5.41) is 17.8. The maximum atomic E-state index is 15.5. The Morgan fingerprint density at radius 1 is 1.15 bits per heavy atom. The highest BCUT2D eigenvalue weighted by molar-refractivity contribution is 5.90. The Morgan fingerprint density at radius 3 is 2.45 bits per heavy atom. The Bertz CT molecular complexity index is 1480. The van der Waals surface area contributed by atoms with E-state index in [2.05, 4.69) is 16.4 Å². The minimum absolute atomic E-state index is 0.127. The molecular weight excluding hydrogens is 515 g/mol. The van der Waals surface area contributed by atoms with Crippen molar-refractivity contribution >= 4 is 17.9 Å². The minimum Gasteiger partial charge on any atom is -0.444 e. The number of hydrogen-bond acceptors (Lipinski definition) is 7. The van der Waals surface area contributed by atoms with E-state index in [1.807, 2.05) is 39.0 Å². The summed E-state index contributed by atoms with van der Waals surface area (Å²) < 4.78 is 28.0. The second kappa shape index (κ2) is 9.33. The zero-order chi connectivity index (χ0) is 28.2. The highest BCUT2D eigenvalue weighted by atomic mass is 19.1. The molecule has 2 saturated heterocycles. The van der Waals surface area contributed by atoms with Crippen molar-refractivity contribution in [1.29, 1.82) is 5.26 Å². The average molecular weight is 545 g/mol. The van der Waals surface area contributed by atoms with Crippen molar-refractivity contribution in [3.05, 3.63) is 66.2 Å². The molecule has 10 nitrogen and oxygen atoms in total. The third-order valence-corrected chi connectivity index (χ3v) is 7.88. The first kappa shape index (κ1) is 25.8. The molecule has 0 unspecified atom stereocenters. The Morgan fingerprint density at radius 2 is 1.85 bits per heavy atom. The lowest BCUT2D eigenvalue weighted by atomic mass is 9.89. The maximum Gasteiger partial charge on any atom is 0.414 e. The fourth-order valence-corrected chi connectivity index (χ4v) is 5.96. The summed E-state index contributed by atoms with van der Waals surface area (Å²) >= 11 is 0. The van der Waals surface area contributed by atoms with E-state index >= 15 is 4.39 Å². The zero-order valence-corrected chi connectivity index (χ0v) is 22.5. The van der Waals surface area contributed by atoms with E-state index < -0.39 is 29.0 Å². The fourth-order valence-electron chi connectivity index (χ4n) is 5.96. The maximum absolute atomic E-state index is 15.5. The predicted molar refractivity (Wildman–Crippen MR) is 142 cm³/mol. The molecule has 3 fully saturated rings. The lowest BCUT2D eigenvalue weighted by Gasteiger charge is -2.27. The van der Waals surface area contributed by atoms with Crippen LogP contribution < -0.4 is 4.90 Å². The first-order valence-electron chi connectivity index (χ1n) is 13.2. The molecule has 2 aliphatic heterocycles. The summed E-state index contributed by atoms with van der Waals surface area (Å²) in [6.45, 7) is 6.96. The van der Waals surface area contributed by atoms with Crippen molar-refractivity contribution in [1.82, 2.24) is 19.9 Å². The largest absolute Gasteiger partial charge is 0.444 e. The van der Waals surface area contributed by atoms with Crippen LogP contribution in [0.25, 0.3) is 11.1 Å². The van der Waals surface area contributed by atoms with E-state index in [4.69, 9.17) is 9.47 Å². The summed E-state index contributed by atoms with van der Waals surface area (Å²) in [6.07, 6.45) is 2.09. The van der Waals surface area contributed by atoms with Crippen LogP contribution in [-0.4, -0.2) is 63.4 Å². The first-order valence-corrected chi connectivity index (χ1v) is 13.2. The third kappa shape index (κ3) is 4.43.